The van der Waals surface area contributed by atoms with Gasteiger partial charge in [-0.1, -0.05) is 247 Å². The number of allylic oxidation sites excluding steroid dienone is 32. The zero-order valence-corrected chi connectivity index (χ0v) is 53.9. The average molecular weight is 1170 g/mol. The molecule has 0 bridgehead atoms. The van der Waals surface area contributed by atoms with Crippen molar-refractivity contribution in [3.63, 3.8) is 0 Å². The second-order valence-corrected chi connectivity index (χ2v) is 21.9. The molecule has 0 aromatic rings. The van der Waals surface area contributed by atoms with Gasteiger partial charge >= 0.3 is 11.9 Å². The normalized spacial score (nSPS) is 14.0. The molecular formula is C76H117NO8. The Balaban J connectivity index is 4.36. The van der Waals surface area contributed by atoms with Crippen LogP contribution in [0.2, 0.25) is 0 Å². The molecule has 0 amide bonds. The van der Waals surface area contributed by atoms with Crippen molar-refractivity contribution in [2.24, 2.45) is 0 Å². The highest BCUT2D eigenvalue weighted by Gasteiger charge is 2.22. The highest BCUT2D eigenvalue weighted by molar-refractivity contribution is 5.70. The molecule has 0 rings (SSSR count). The fourth-order valence-corrected chi connectivity index (χ4v) is 7.92. The van der Waals surface area contributed by atoms with Gasteiger partial charge in [-0.15, -0.1) is 0 Å². The van der Waals surface area contributed by atoms with E-state index in [4.69, 9.17) is 18.9 Å². The van der Waals surface area contributed by atoms with Crippen LogP contribution in [0.3, 0.4) is 0 Å². The first-order chi connectivity index (χ1) is 41.6. The zero-order valence-electron chi connectivity index (χ0n) is 53.9. The van der Waals surface area contributed by atoms with Gasteiger partial charge in [-0.2, -0.15) is 0 Å². The molecule has 0 aromatic heterocycles. The molecule has 0 spiro atoms. The van der Waals surface area contributed by atoms with E-state index < -0.39 is 24.3 Å². The number of unbranched alkanes of at least 4 members (excludes halogenated alkanes) is 10. The standard InChI is InChI=1S/C76H117NO8/c1-6-8-10-12-14-16-18-20-22-24-26-28-30-32-34-36-37-39-41-43-45-47-49-51-53-55-57-59-61-63-65-67-74(79)85-72(71-84-76(75(80)81)82-69-68-77(3,4)5)70-83-73(78)66-64-62-60-58-56-54-52-50-48-46-44-42-40-38-35-33-31-29-27-25-23-21-19-17-15-13-11-9-7-2/h8-11,14-17,20-23,26-29,32-35,37,39-40,42-43,45-46,48-49,51,55,57,72,76H,6-7,12-13,18-19,24-25,30-31,36,38,41,44,47,50,52-54,56,58-71H2,1-5H3/b10-8-,11-9-,16-14-,17-15-,22-20-,23-21-,28-26-,29-27-,34-32-,35-33-,39-37-,42-40-,45-43-,48-46-,51-49-,57-55-. The number of hydrogen-bond donors (Lipinski definition) is 0. The van der Waals surface area contributed by atoms with Gasteiger partial charge in [0.25, 0.3) is 0 Å². The molecule has 0 radical (unpaired) electrons. The number of quaternary nitrogens is 1. The number of rotatable bonds is 57. The lowest BCUT2D eigenvalue weighted by molar-refractivity contribution is -0.870. The maximum Gasteiger partial charge on any atom is 0.306 e. The van der Waals surface area contributed by atoms with Crippen LogP contribution in [0.1, 0.15) is 206 Å². The first-order valence-electron chi connectivity index (χ1n) is 32.6. The maximum atomic E-state index is 12.9. The predicted molar refractivity (Wildman–Crippen MR) is 361 cm³/mol. The Hall–Kier alpha value is -5.87. The summed E-state index contributed by atoms with van der Waals surface area (Å²) < 4.78 is 22.7. The molecule has 474 valence electrons. The summed E-state index contributed by atoms with van der Waals surface area (Å²) in [4.78, 5) is 37.4. The lowest BCUT2D eigenvalue weighted by Gasteiger charge is -2.26. The van der Waals surface area contributed by atoms with Crippen LogP contribution in [0, 0.1) is 0 Å². The minimum atomic E-state index is -1.65. The molecule has 0 aromatic carbocycles. The van der Waals surface area contributed by atoms with Crippen molar-refractivity contribution < 1.29 is 42.9 Å². The van der Waals surface area contributed by atoms with E-state index in [0.717, 1.165) is 148 Å². The maximum absolute atomic E-state index is 12.9. The number of carboxylic acid groups (broad SMARTS) is 1. The molecule has 0 heterocycles. The molecule has 2 atom stereocenters. The van der Waals surface area contributed by atoms with Crippen LogP contribution in [0.15, 0.2) is 194 Å². The van der Waals surface area contributed by atoms with Crippen molar-refractivity contribution in [2.75, 3.05) is 47.5 Å². The van der Waals surface area contributed by atoms with E-state index in [1.165, 1.54) is 19.3 Å². The third-order valence-corrected chi connectivity index (χ3v) is 12.8. The SMILES string of the molecule is CC/C=C\C/C=C\C/C=C\C/C=C\C/C=C\C/C=C\C/C=C\C/C=C\C/C=C\CCCCCC(=O)OC(COC(=O)CCCCCCCCC/C=C\C/C=C\C/C=C\C/C=C\C/C=C\C/C=C\C/C=C\CC)COC(OCC[N+](C)(C)C)C(=O)[O-]. The van der Waals surface area contributed by atoms with Gasteiger partial charge in [-0.05, 0) is 141 Å². The quantitative estimate of drug-likeness (QED) is 0.0195. The van der Waals surface area contributed by atoms with Crippen LogP contribution in [-0.4, -0.2) is 82.3 Å². The lowest BCUT2D eigenvalue weighted by Crippen LogP contribution is -2.44. The number of aliphatic carboxylic acids is 1. The largest absolute Gasteiger partial charge is 0.545 e. The molecule has 0 aliphatic rings. The van der Waals surface area contributed by atoms with Crippen molar-refractivity contribution in [3.8, 4) is 0 Å². The first kappa shape index (κ1) is 79.1. The van der Waals surface area contributed by atoms with E-state index in [1.807, 2.05) is 21.1 Å². The van der Waals surface area contributed by atoms with Crippen LogP contribution in [0.4, 0.5) is 0 Å². The van der Waals surface area contributed by atoms with E-state index in [-0.39, 0.29) is 38.6 Å². The summed E-state index contributed by atoms with van der Waals surface area (Å²) in [5.41, 5.74) is 0. The predicted octanol–water partition coefficient (Wildman–Crippen LogP) is 18.9. The van der Waals surface area contributed by atoms with E-state index in [9.17, 15) is 19.5 Å². The smallest absolute Gasteiger partial charge is 0.306 e. The summed E-state index contributed by atoms with van der Waals surface area (Å²) >= 11 is 0. The highest BCUT2D eigenvalue weighted by atomic mass is 16.7. The van der Waals surface area contributed by atoms with Gasteiger partial charge in [-0.25, -0.2) is 0 Å². The Morgan fingerprint density at radius 2 is 0.635 bits per heavy atom. The van der Waals surface area contributed by atoms with Crippen molar-refractivity contribution in [2.45, 2.75) is 219 Å². The fraction of sp³-hybridized carbons (Fsp3) is 0.539. The Morgan fingerprint density at radius 3 is 0.953 bits per heavy atom. The third-order valence-electron chi connectivity index (χ3n) is 12.8. The molecule has 0 saturated heterocycles. The van der Waals surface area contributed by atoms with E-state index in [1.54, 1.807) is 0 Å². The third kappa shape index (κ3) is 65.5. The summed E-state index contributed by atoms with van der Waals surface area (Å²) in [5.74, 6) is -2.37. The molecule has 0 aliphatic carbocycles. The molecule has 0 saturated carbocycles. The number of hydrogen-bond acceptors (Lipinski definition) is 8. The summed E-state index contributed by atoms with van der Waals surface area (Å²) in [6, 6.07) is 0. The second kappa shape index (κ2) is 64.1. The van der Waals surface area contributed by atoms with Crippen LogP contribution < -0.4 is 5.11 Å². The number of carbonyl (C=O) groups excluding carboxylic acids is 3. The average Bonchev–Trinajstić information content (AvgIpc) is 3.49. The van der Waals surface area contributed by atoms with Gasteiger partial charge in [0, 0.05) is 12.8 Å². The van der Waals surface area contributed by atoms with Crippen molar-refractivity contribution in [1.82, 2.24) is 0 Å². The first-order valence-corrected chi connectivity index (χ1v) is 32.6. The summed E-state index contributed by atoms with van der Waals surface area (Å²) in [6.07, 6.45) is 96.3. The highest BCUT2D eigenvalue weighted by Crippen LogP contribution is 2.13. The van der Waals surface area contributed by atoms with Crippen LogP contribution in [0.5, 0.6) is 0 Å². The molecule has 0 aliphatic heterocycles. The Kier molecular flexibility index (Phi) is 59.7. The van der Waals surface area contributed by atoms with Crippen molar-refractivity contribution >= 4 is 17.9 Å². The molecule has 9 nitrogen and oxygen atoms in total. The number of carboxylic acids is 1. The number of likely N-dealkylation sites (N-methyl/N-ethyl adjacent to an activating group) is 1. The molecule has 0 N–H and O–H groups in total. The Morgan fingerprint density at radius 1 is 0.353 bits per heavy atom. The van der Waals surface area contributed by atoms with Gasteiger partial charge in [0.05, 0.1) is 40.3 Å². The molecule has 9 heteroatoms. The second-order valence-electron chi connectivity index (χ2n) is 21.9. The lowest BCUT2D eigenvalue weighted by atomic mass is 10.1. The van der Waals surface area contributed by atoms with E-state index in [0.29, 0.717) is 23.9 Å². The molecule has 2 unspecified atom stereocenters. The van der Waals surface area contributed by atoms with Crippen LogP contribution in [0.25, 0.3) is 0 Å². The van der Waals surface area contributed by atoms with Gasteiger partial charge in [-0.3, -0.25) is 9.59 Å². The minimum absolute atomic E-state index is 0.127. The van der Waals surface area contributed by atoms with E-state index >= 15 is 0 Å². The van der Waals surface area contributed by atoms with E-state index in [2.05, 4.69) is 208 Å². The van der Waals surface area contributed by atoms with Crippen LogP contribution >= 0.6 is 0 Å². The van der Waals surface area contributed by atoms with Gasteiger partial charge in [0.1, 0.15) is 13.2 Å². The topological polar surface area (TPSA) is 111 Å². The zero-order chi connectivity index (χ0) is 61.9. The van der Waals surface area contributed by atoms with Crippen molar-refractivity contribution in [3.05, 3.63) is 194 Å². The minimum Gasteiger partial charge on any atom is -0.545 e. The Labute approximate surface area is 519 Å². The fourth-order valence-electron chi connectivity index (χ4n) is 7.92. The molecule has 85 heavy (non-hydrogen) atoms. The number of esters is 2. The molecule has 0 fully saturated rings. The summed E-state index contributed by atoms with van der Waals surface area (Å²) in [7, 11) is 5.89. The van der Waals surface area contributed by atoms with Gasteiger partial charge in [0.2, 0.25) is 0 Å². The van der Waals surface area contributed by atoms with Crippen molar-refractivity contribution in [1.29, 1.82) is 0 Å². The number of carbonyl (C=O) groups is 3. The van der Waals surface area contributed by atoms with Crippen LogP contribution in [-0.2, 0) is 33.3 Å². The Bertz CT molecular complexity index is 2090. The van der Waals surface area contributed by atoms with Gasteiger partial charge < -0.3 is 33.3 Å². The molecular weight excluding hydrogens is 1050 g/mol. The monoisotopic (exact) mass is 1170 g/mol. The number of ether oxygens (including phenoxy) is 4. The van der Waals surface area contributed by atoms with Gasteiger partial charge in [0.15, 0.2) is 12.4 Å². The number of nitrogens with zero attached hydrogens (tertiary/aromatic N) is 1. The summed E-state index contributed by atoms with van der Waals surface area (Å²) in [6.45, 7) is 4.43. The summed E-state index contributed by atoms with van der Waals surface area (Å²) in [5, 5.41) is 11.8.